The van der Waals surface area contributed by atoms with Gasteiger partial charge in [0.1, 0.15) is 6.10 Å². The fraction of sp³-hybridized carbons (Fsp3) is 0.385. The van der Waals surface area contributed by atoms with E-state index >= 15 is 0 Å². The normalized spacial score (nSPS) is 13.5. The van der Waals surface area contributed by atoms with Crippen molar-refractivity contribution >= 4 is 5.97 Å². The van der Waals surface area contributed by atoms with Crippen molar-refractivity contribution in [1.29, 1.82) is 5.26 Å². The third-order valence-electron chi connectivity index (χ3n) is 2.60. The number of ether oxygens (including phenoxy) is 1. The molecular formula is C13H15NO4. The lowest BCUT2D eigenvalue weighted by molar-refractivity contribution is 0.0202. The standard InChI is InChI=1S/C13H15NO4/c1-8-3-4-9(13(17)18-2)10(7-8)12(16)11(15)5-6-14/h3-4,7,11-12,15-16H,5H2,1-2H3. The molecule has 0 fully saturated rings. The second-order valence-corrected chi connectivity index (χ2v) is 3.96. The van der Waals surface area contributed by atoms with Crippen LogP contribution >= 0.6 is 0 Å². The molecule has 0 spiro atoms. The highest BCUT2D eigenvalue weighted by Crippen LogP contribution is 2.24. The molecule has 18 heavy (non-hydrogen) atoms. The summed E-state index contributed by atoms with van der Waals surface area (Å²) in [5.74, 6) is -0.590. The zero-order valence-corrected chi connectivity index (χ0v) is 10.3. The molecule has 0 aliphatic carbocycles. The van der Waals surface area contributed by atoms with Crippen molar-refractivity contribution in [3.63, 3.8) is 0 Å². The van der Waals surface area contributed by atoms with Crippen LogP contribution in [0.15, 0.2) is 18.2 Å². The molecule has 0 radical (unpaired) electrons. The Morgan fingerprint density at radius 2 is 2.17 bits per heavy atom. The van der Waals surface area contributed by atoms with E-state index in [2.05, 4.69) is 4.74 Å². The van der Waals surface area contributed by atoms with Gasteiger partial charge in [0, 0.05) is 0 Å². The SMILES string of the molecule is COC(=O)c1ccc(C)cc1C(O)C(O)CC#N. The van der Waals surface area contributed by atoms with Crippen molar-refractivity contribution in [3.8, 4) is 6.07 Å². The van der Waals surface area contributed by atoms with Crippen molar-refractivity contribution in [1.82, 2.24) is 0 Å². The van der Waals surface area contributed by atoms with Crippen LogP contribution in [0.25, 0.3) is 0 Å². The monoisotopic (exact) mass is 249 g/mol. The van der Waals surface area contributed by atoms with Gasteiger partial charge in [0.2, 0.25) is 0 Å². The maximum atomic E-state index is 11.6. The summed E-state index contributed by atoms with van der Waals surface area (Å²) in [6.07, 6.45) is -2.74. The zero-order valence-electron chi connectivity index (χ0n) is 10.3. The summed E-state index contributed by atoms with van der Waals surface area (Å²) in [7, 11) is 1.24. The van der Waals surface area contributed by atoms with Gasteiger partial charge in [-0.3, -0.25) is 0 Å². The molecule has 0 aromatic heterocycles. The first-order valence-corrected chi connectivity index (χ1v) is 5.43. The summed E-state index contributed by atoms with van der Waals surface area (Å²) in [6.45, 7) is 1.80. The Hall–Kier alpha value is -1.90. The first kappa shape index (κ1) is 14.2. The van der Waals surface area contributed by atoms with Crippen LogP contribution in [0.1, 0.15) is 34.0 Å². The fourth-order valence-electron chi connectivity index (χ4n) is 1.64. The Morgan fingerprint density at radius 1 is 1.50 bits per heavy atom. The molecule has 0 aliphatic heterocycles. The van der Waals surface area contributed by atoms with Crippen LogP contribution in [0.3, 0.4) is 0 Å². The lowest BCUT2D eigenvalue weighted by Crippen LogP contribution is -2.20. The van der Waals surface area contributed by atoms with Gasteiger partial charge in [0.05, 0.1) is 31.3 Å². The van der Waals surface area contributed by atoms with Crippen molar-refractivity contribution in [2.45, 2.75) is 25.6 Å². The van der Waals surface area contributed by atoms with Crippen molar-refractivity contribution in [2.75, 3.05) is 7.11 Å². The van der Waals surface area contributed by atoms with Gasteiger partial charge in [-0.05, 0) is 18.6 Å². The predicted molar refractivity (Wildman–Crippen MR) is 63.7 cm³/mol. The first-order valence-electron chi connectivity index (χ1n) is 5.43. The van der Waals surface area contributed by atoms with Gasteiger partial charge < -0.3 is 14.9 Å². The second-order valence-electron chi connectivity index (χ2n) is 3.96. The lowest BCUT2D eigenvalue weighted by Gasteiger charge is -2.18. The van der Waals surface area contributed by atoms with Gasteiger partial charge in [0.25, 0.3) is 0 Å². The van der Waals surface area contributed by atoms with E-state index in [1.54, 1.807) is 25.1 Å². The average Bonchev–Trinajstić information content (AvgIpc) is 2.37. The minimum absolute atomic E-state index is 0.188. The van der Waals surface area contributed by atoms with Crippen LogP contribution in [0.5, 0.6) is 0 Å². The number of nitrogens with zero attached hydrogens (tertiary/aromatic N) is 1. The zero-order chi connectivity index (χ0) is 13.7. The van der Waals surface area contributed by atoms with Gasteiger partial charge >= 0.3 is 5.97 Å². The van der Waals surface area contributed by atoms with E-state index in [1.165, 1.54) is 13.2 Å². The molecule has 0 saturated heterocycles. The quantitative estimate of drug-likeness (QED) is 0.779. The van der Waals surface area contributed by atoms with E-state index in [9.17, 15) is 15.0 Å². The van der Waals surface area contributed by atoms with Crippen molar-refractivity contribution in [3.05, 3.63) is 34.9 Å². The summed E-state index contributed by atoms with van der Waals surface area (Å²) in [5.41, 5.74) is 1.29. The van der Waals surface area contributed by atoms with Crippen LogP contribution < -0.4 is 0 Å². The van der Waals surface area contributed by atoms with E-state index in [1.807, 2.05) is 0 Å². The summed E-state index contributed by atoms with van der Waals surface area (Å²) in [5, 5.41) is 28.1. The number of carbonyl (C=O) groups excluding carboxylic acids is 1. The minimum Gasteiger partial charge on any atom is -0.465 e. The number of aliphatic hydroxyl groups excluding tert-OH is 2. The smallest absolute Gasteiger partial charge is 0.338 e. The van der Waals surface area contributed by atoms with Crippen molar-refractivity contribution < 1.29 is 19.7 Å². The number of carbonyl (C=O) groups is 1. The number of benzene rings is 1. The highest BCUT2D eigenvalue weighted by molar-refractivity contribution is 5.91. The summed E-state index contributed by atoms with van der Waals surface area (Å²) in [6, 6.07) is 6.60. The Kier molecular flexibility index (Phi) is 4.84. The molecule has 0 bridgehead atoms. The molecule has 1 aromatic rings. The molecular weight excluding hydrogens is 234 g/mol. The summed E-state index contributed by atoms with van der Waals surface area (Å²) < 4.78 is 4.61. The molecule has 2 unspecified atom stereocenters. The second kappa shape index (κ2) is 6.15. The number of methoxy groups -OCH3 is 1. The molecule has 0 heterocycles. The number of nitriles is 1. The molecule has 1 aromatic carbocycles. The predicted octanol–water partition coefficient (Wildman–Crippen LogP) is 1.09. The number of rotatable bonds is 4. The van der Waals surface area contributed by atoms with Gasteiger partial charge in [-0.15, -0.1) is 0 Å². The van der Waals surface area contributed by atoms with Gasteiger partial charge in [0.15, 0.2) is 0 Å². The van der Waals surface area contributed by atoms with E-state index in [4.69, 9.17) is 5.26 Å². The van der Waals surface area contributed by atoms with Crippen LogP contribution in [0, 0.1) is 18.3 Å². The third kappa shape index (κ3) is 3.06. The molecule has 1 rings (SSSR count). The van der Waals surface area contributed by atoms with E-state index in [-0.39, 0.29) is 17.5 Å². The average molecular weight is 249 g/mol. The molecule has 2 N–H and O–H groups in total. The van der Waals surface area contributed by atoms with Gasteiger partial charge in [-0.2, -0.15) is 5.26 Å². The van der Waals surface area contributed by atoms with Crippen molar-refractivity contribution in [2.24, 2.45) is 0 Å². The minimum atomic E-state index is -1.29. The highest BCUT2D eigenvalue weighted by atomic mass is 16.5. The molecule has 0 aliphatic rings. The first-order chi connectivity index (χ1) is 8.51. The number of aliphatic hydroxyl groups is 2. The summed E-state index contributed by atoms with van der Waals surface area (Å²) >= 11 is 0. The largest absolute Gasteiger partial charge is 0.465 e. The Labute approximate surface area is 105 Å². The lowest BCUT2D eigenvalue weighted by atomic mass is 9.95. The maximum Gasteiger partial charge on any atom is 0.338 e. The number of esters is 1. The fourth-order valence-corrected chi connectivity index (χ4v) is 1.64. The van der Waals surface area contributed by atoms with Gasteiger partial charge in [-0.1, -0.05) is 17.7 Å². The van der Waals surface area contributed by atoms with Crippen LogP contribution in [-0.4, -0.2) is 29.4 Å². The number of aryl methyl sites for hydroxylation is 1. The third-order valence-corrected chi connectivity index (χ3v) is 2.60. The Morgan fingerprint density at radius 3 is 2.72 bits per heavy atom. The van der Waals surface area contributed by atoms with Crippen LogP contribution in [0.2, 0.25) is 0 Å². The molecule has 5 nitrogen and oxygen atoms in total. The molecule has 0 amide bonds. The summed E-state index contributed by atoms with van der Waals surface area (Å²) in [4.78, 5) is 11.6. The van der Waals surface area contributed by atoms with E-state index < -0.39 is 18.2 Å². The topological polar surface area (TPSA) is 90.6 Å². The van der Waals surface area contributed by atoms with E-state index in [0.717, 1.165) is 5.56 Å². The van der Waals surface area contributed by atoms with Gasteiger partial charge in [-0.25, -0.2) is 4.79 Å². The molecule has 0 saturated carbocycles. The number of hydrogen-bond acceptors (Lipinski definition) is 5. The van der Waals surface area contributed by atoms with E-state index in [0.29, 0.717) is 0 Å². The highest BCUT2D eigenvalue weighted by Gasteiger charge is 2.24. The Bertz CT molecular complexity index is 478. The number of hydrogen-bond donors (Lipinski definition) is 2. The Balaban J connectivity index is 3.17. The molecule has 96 valence electrons. The molecule has 2 atom stereocenters. The van der Waals surface area contributed by atoms with Crippen LogP contribution in [-0.2, 0) is 4.74 Å². The molecule has 5 heteroatoms. The van der Waals surface area contributed by atoms with Crippen LogP contribution in [0.4, 0.5) is 0 Å². The maximum absolute atomic E-state index is 11.6.